The molecule has 1 aliphatic heterocycles. The molecular formula is C7H11N3O3. The maximum Gasteiger partial charge on any atom is 0.293 e. The number of nitrogens with two attached hydrogens (primary N) is 1. The third-order valence-corrected chi connectivity index (χ3v) is 1.97. The number of carbonyl (C=O) groups excluding carboxylic acids is 1. The third kappa shape index (κ3) is 1.47. The summed E-state index contributed by atoms with van der Waals surface area (Å²) in [5.74, 6) is -0.443. The lowest BCUT2D eigenvalue weighted by Gasteiger charge is -2.18. The van der Waals surface area contributed by atoms with Gasteiger partial charge in [0, 0.05) is 6.04 Å². The summed E-state index contributed by atoms with van der Waals surface area (Å²) >= 11 is 0. The number of hydrogen-bond acceptors (Lipinski definition) is 4. The molecule has 0 unspecified atom stereocenters. The molecule has 0 aromatic heterocycles. The average molecular weight is 185 g/mol. The van der Waals surface area contributed by atoms with Crippen molar-refractivity contribution >= 4 is 5.91 Å². The van der Waals surface area contributed by atoms with Crippen molar-refractivity contribution in [2.24, 2.45) is 5.73 Å². The summed E-state index contributed by atoms with van der Waals surface area (Å²) in [5.41, 5.74) is 4.87. The molecule has 0 saturated carbocycles. The summed E-state index contributed by atoms with van der Waals surface area (Å²) in [6, 6.07) is -0.0662. The van der Waals surface area contributed by atoms with E-state index in [1.807, 2.05) is 0 Å². The maximum atomic E-state index is 11.3. The van der Waals surface area contributed by atoms with E-state index in [2.05, 4.69) is 0 Å². The van der Waals surface area contributed by atoms with Gasteiger partial charge in [0.05, 0.1) is 4.92 Å². The fraction of sp³-hybridized carbons (Fsp3) is 0.571. The molecule has 2 N–H and O–H groups in total. The van der Waals surface area contributed by atoms with Gasteiger partial charge in [-0.05, 0) is 13.8 Å². The van der Waals surface area contributed by atoms with Crippen LogP contribution in [0.25, 0.3) is 0 Å². The molecule has 0 aliphatic carbocycles. The number of amides is 1. The van der Waals surface area contributed by atoms with E-state index in [0.29, 0.717) is 0 Å². The fourth-order valence-electron chi connectivity index (χ4n) is 1.17. The number of nitrogens with zero attached hydrogens (tertiary/aromatic N) is 2. The van der Waals surface area contributed by atoms with Crippen LogP contribution in [0.2, 0.25) is 0 Å². The Morgan fingerprint density at radius 2 is 2.15 bits per heavy atom. The highest BCUT2D eigenvalue weighted by atomic mass is 16.6. The van der Waals surface area contributed by atoms with Crippen LogP contribution in [0, 0.1) is 10.1 Å². The monoisotopic (exact) mass is 185 g/mol. The first-order chi connectivity index (χ1) is 5.95. The van der Waals surface area contributed by atoms with Crippen LogP contribution in [-0.2, 0) is 4.79 Å². The van der Waals surface area contributed by atoms with Crippen LogP contribution in [0.15, 0.2) is 11.4 Å². The van der Waals surface area contributed by atoms with Gasteiger partial charge in [0.25, 0.3) is 11.6 Å². The Morgan fingerprint density at radius 3 is 2.38 bits per heavy atom. The van der Waals surface area contributed by atoms with Gasteiger partial charge in [-0.25, -0.2) is 0 Å². The van der Waals surface area contributed by atoms with Crippen molar-refractivity contribution < 1.29 is 9.72 Å². The molecule has 0 aromatic rings. The van der Waals surface area contributed by atoms with E-state index in [1.54, 1.807) is 13.8 Å². The zero-order chi connectivity index (χ0) is 10.2. The van der Waals surface area contributed by atoms with Gasteiger partial charge in [-0.1, -0.05) is 0 Å². The van der Waals surface area contributed by atoms with E-state index in [0.717, 1.165) is 0 Å². The lowest BCUT2D eigenvalue weighted by molar-refractivity contribution is -0.427. The third-order valence-electron chi connectivity index (χ3n) is 1.97. The van der Waals surface area contributed by atoms with E-state index >= 15 is 0 Å². The van der Waals surface area contributed by atoms with Gasteiger partial charge < -0.3 is 10.6 Å². The second-order valence-corrected chi connectivity index (χ2v) is 3.14. The van der Waals surface area contributed by atoms with Crippen LogP contribution in [0.4, 0.5) is 0 Å². The van der Waals surface area contributed by atoms with Gasteiger partial charge >= 0.3 is 0 Å². The second kappa shape index (κ2) is 3.04. The molecule has 6 heteroatoms. The van der Waals surface area contributed by atoms with Gasteiger partial charge in [-0.3, -0.25) is 14.9 Å². The average Bonchev–Trinajstić information content (AvgIpc) is 2.29. The molecule has 72 valence electrons. The molecule has 0 bridgehead atoms. The quantitative estimate of drug-likeness (QED) is 0.471. The summed E-state index contributed by atoms with van der Waals surface area (Å²) in [7, 11) is 0. The predicted octanol–water partition coefficient (Wildman–Crippen LogP) is -0.316. The van der Waals surface area contributed by atoms with Gasteiger partial charge in [-0.15, -0.1) is 0 Å². The highest BCUT2D eigenvalue weighted by molar-refractivity contribution is 5.95. The Kier molecular flexibility index (Phi) is 2.22. The van der Waals surface area contributed by atoms with Gasteiger partial charge in [0.1, 0.15) is 6.54 Å². The van der Waals surface area contributed by atoms with Crippen molar-refractivity contribution in [2.75, 3.05) is 6.54 Å². The zero-order valence-electron chi connectivity index (χ0n) is 7.48. The summed E-state index contributed by atoms with van der Waals surface area (Å²) in [6.07, 6.45) is 0. The molecule has 6 nitrogen and oxygen atoms in total. The fourth-order valence-corrected chi connectivity index (χ4v) is 1.17. The topological polar surface area (TPSA) is 89.5 Å². The van der Waals surface area contributed by atoms with E-state index in [4.69, 9.17) is 5.73 Å². The number of nitro groups is 1. The minimum absolute atomic E-state index is 0.00926. The van der Waals surface area contributed by atoms with E-state index in [9.17, 15) is 14.9 Å². The van der Waals surface area contributed by atoms with Gasteiger partial charge in [0.2, 0.25) is 0 Å². The summed E-state index contributed by atoms with van der Waals surface area (Å²) in [5, 5.41) is 10.4. The maximum absolute atomic E-state index is 11.3. The molecule has 0 atom stereocenters. The Balaban J connectivity index is 2.93. The standard InChI is InChI=1S/C7H11N3O3/c1-4(2)9-3-5(10(12)13)6(8)7(9)11/h4H,3,8H2,1-2H3. The minimum Gasteiger partial charge on any atom is -0.389 e. The number of rotatable bonds is 2. The van der Waals surface area contributed by atoms with Crippen molar-refractivity contribution in [3.63, 3.8) is 0 Å². The van der Waals surface area contributed by atoms with Crippen LogP contribution < -0.4 is 5.73 Å². The summed E-state index contributed by atoms with van der Waals surface area (Å²) in [6.45, 7) is 3.58. The molecule has 1 amide bonds. The molecule has 0 spiro atoms. The van der Waals surface area contributed by atoms with Crippen molar-refractivity contribution in [3.8, 4) is 0 Å². The van der Waals surface area contributed by atoms with Gasteiger partial charge in [0.15, 0.2) is 5.70 Å². The predicted molar refractivity (Wildman–Crippen MR) is 45.1 cm³/mol. The molecular weight excluding hydrogens is 174 g/mol. The van der Waals surface area contributed by atoms with Crippen LogP contribution in [0.5, 0.6) is 0 Å². The van der Waals surface area contributed by atoms with Gasteiger partial charge in [-0.2, -0.15) is 0 Å². The molecule has 1 aliphatic rings. The van der Waals surface area contributed by atoms with Crippen LogP contribution in [0.3, 0.4) is 0 Å². The molecule has 1 rings (SSSR count). The number of hydrogen-bond donors (Lipinski definition) is 1. The Morgan fingerprint density at radius 1 is 1.62 bits per heavy atom. The lowest BCUT2D eigenvalue weighted by atomic mass is 10.3. The summed E-state index contributed by atoms with van der Waals surface area (Å²) < 4.78 is 0. The minimum atomic E-state index is -0.602. The van der Waals surface area contributed by atoms with Crippen LogP contribution >= 0.6 is 0 Å². The lowest BCUT2D eigenvalue weighted by Crippen LogP contribution is -2.34. The normalized spacial score (nSPS) is 17.5. The molecule has 0 fully saturated rings. The van der Waals surface area contributed by atoms with E-state index < -0.39 is 10.8 Å². The highest BCUT2D eigenvalue weighted by Gasteiger charge is 2.37. The Labute approximate surface area is 75.1 Å². The van der Waals surface area contributed by atoms with Crippen LogP contribution in [0.1, 0.15) is 13.8 Å². The van der Waals surface area contributed by atoms with E-state index in [-0.39, 0.29) is 24.0 Å². The SMILES string of the molecule is CC(C)N1CC([N+](=O)[O-])=C(N)C1=O. The van der Waals surface area contributed by atoms with E-state index in [1.165, 1.54) is 4.90 Å². The highest BCUT2D eigenvalue weighted by Crippen LogP contribution is 2.17. The smallest absolute Gasteiger partial charge is 0.293 e. The first-order valence-electron chi connectivity index (χ1n) is 3.89. The van der Waals surface area contributed by atoms with Crippen molar-refractivity contribution in [1.82, 2.24) is 4.90 Å². The molecule has 0 radical (unpaired) electrons. The molecule has 1 heterocycles. The first-order valence-corrected chi connectivity index (χ1v) is 3.89. The van der Waals surface area contributed by atoms with Crippen molar-refractivity contribution in [2.45, 2.75) is 19.9 Å². The summed E-state index contributed by atoms with van der Waals surface area (Å²) in [4.78, 5) is 22.5. The Bertz CT molecular complexity index is 295. The zero-order valence-corrected chi connectivity index (χ0v) is 7.48. The van der Waals surface area contributed by atoms with Crippen molar-refractivity contribution in [3.05, 3.63) is 21.5 Å². The second-order valence-electron chi connectivity index (χ2n) is 3.14. The molecule has 0 saturated heterocycles. The van der Waals surface area contributed by atoms with Crippen LogP contribution in [-0.4, -0.2) is 28.3 Å². The number of carbonyl (C=O) groups is 1. The molecule has 0 aromatic carbocycles. The van der Waals surface area contributed by atoms with Crippen molar-refractivity contribution in [1.29, 1.82) is 0 Å². The molecule has 13 heavy (non-hydrogen) atoms. The largest absolute Gasteiger partial charge is 0.389 e. The Hall–Kier alpha value is -1.59. The first kappa shape index (κ1) is 9.50.